The zero-order chi connectivity index (χ0) is 16.7. The Bertz CT molecular complexity index is 530. The topological polar surface area (TPSA) is 83.5 Å². The predicted octanol–water partition coefficient (Wildman–Crippen LogP) is 2.10. The molecule has 0 heterocycles. The molecule has 2 atom stereocenters. The molecule has 0 aliphatic carbocycles. The maximum atomic E-state index is 12.4. The largest absolute Gasteiger partial charge is 0.480 e. The van der Waals surface area contributed by atoms with Crippen LogP contribution in [0, 0.1) is 5.92 Å². The van der Waals surface area contributed by atoms with Gasteiger partial charge in [0.2, 0.25) is 5.91 Å². The molecule has 5 nitrogen and oxygen atoms in total. The van der Waals surface area contributed by atoms with E-state index in [0.29, 0.717) is 6.42 Å². The summed E-state index contributed by atoms with van der Waals surface area (Å²) in [7, 11) is 0. The summed E-state index contributed by atoms with van der Waals surface area (Å²) in [6.07, 6.45) is 0.376. The first-order chi connectivity index (χ1) is 10.3. The minimum absolute atomic E-state index is 0.174. The van der Waals surface area contributed by atoms with E-state index in [4.69, 9.17) is 5.11 Å². The number of amides is 1. The van der Waals surface area contributed by atoms with Crippen LogP contribution in [0.15, 0.2) is 30.3 Å². The highest BCUT2D eigenvalue weighted by molar-refractivity contribution is 8.14. The fourth-order valence-corrected chi connectivity index (χ4v) is 2.83. The lowest BCUT2D eigenvalue weighted by atomic mass is 10.0. The maximum Gasteiger partial charge on any atom is 0.326 e. The zero-order valence-corrected chi connectivity index (χ0v) is 13.7. The Morgan fingerprint density at radius 2 is 1.77 bits per heavy atom. The summed E-state index contributed by atoms with van der Waals surface area (Å²) in [5, 5.41) is 10.9. The van der Waals surface area contributed by atoms with E-state index in [1.54, 1.807) is 13.8 Å². The molecular weight excluding hydrogens is 302 g/mol. The van der Waals surface area contributed by atoms with Crippen molar-refractivity contribution in [3.05, 3.63) is 35.9 Å². The van der Waals surface area contributed by atoms with Crippen molar-refractivity contribution < 1.29 is 19.5 Å². The van der Waals surface area contributed by atoms with Crippen LogP contribution < -0.4 is 5.32 Å². The van der Waals surface area contributed by atoms with Gasteiger partial charge >= 0.3 is 5.97 Å². The number of carbonyl (C=O) groups excluding carboxylic acids is 2. The van der Waals surface area contributed by atoms with Crippen LogP contribution in [0.3, 0.4) is 0 Å². The highest BCUT2D eigenvalue weighted by atomic mass is 32.2. The Hall–Kier alpha value is -1.82. The van der Waals surface area contributed by atoms with E-state index in [1.807, 2.05) is 30.3 Å². The van der Waals surface area contributed by atoms with E-state index in [1.165, 1.54) is 6.92 Å². The van der Waals surface area contributed by atoms with Crippen molar-refractivity contribution in [3.8, 4) is 0 Å². The third-order valence-corrected chi connectivity index (χ3v) is 4.09. The van der Waals surface area contributed by atoms with E-state index in [2.05, 4.69) is 5.32 Å². The molecule has 120 valence electrons. The molecule has 0 unspecified atom stereocenters. The lowest BCUT2D eigenvalue weighted by Crippen LogP contribution is -2.48. The minimum Gasteiger partial charge on any atom is -0.480 e. The Kier molecular flexibility index (Phi) is 7.11. The molecule has 1 aromatic rings. The molecule has 6 heteroatoms. The summed E-state index contributed by atoms with van der Waals surface area (Å²) in [4.78, 5) is 34.9. The average Bonchev–Trinajstić information content (AvgIpc) is 2.43. The number of thioether (sulfide) groups is 1. The summed E-state index contributed by atoms with van der Waals surface area (Å²) in [5.74, 6) is -1.74. The number of rotatable bonds is 7. The van der Waals surface area contributed by atoms with Gasteiger partial charge in [-0.05, 0) is 17.9 Å². The molecule has 2 N–H and O–H groups in total. The first-order valence-electron chi connectivity index (χ1n) is 7.05. The first kappa shape index (κ1) is 18.2. The van der Waals surface area contributed by atoms with Crippen molar-refractivity contribution in [2.24, 2.45) is 5.92 Å². The molecule has 0 bridgehead atoms. The molecule has 0 radical (unpaired) electrons. The lowest BCUT2D eigenvalue weighted by molar-refractivity contribution is -0.143. The molecule has 22 heavy (non-hydrogen) atoms. The number of hydrogen-bond donors (Lipinski definition) is 2. The van der Waals surface area contributed by atoms with Crippen molar-refractivity contribution >= 4 is 28.8 Å². The summed E-state index contributed by atoms with van der Waals surface area (Å²) in [6, 6.07) is 8.37. The van der Waals surface area contributed by atoms with Crippen molar-refractivity contribution in [3.63, 3.8) is 0 Å². The molecule has 0 saturated heterocycles. The van der Waals surface area contributed by atoms with E-state index in [0.717, 1.165) is 17.3 Å². The third kappa shape index (κ3) is 5.89. The van der Waals surface area contributed by atoms with Crippen molar-refractivity contribution in [2.45, 2.75) is 38.5 Å². The Labute approximate surface area is 134 Å². The van der Waals surface area contributed by atoms with E-state index < -0.39 is 23.2 Å². The highest BCUT2D eigenvalue weighted by Gasteiger charge is 2.28. The number of hydrogen-bond acceptors (Lipinski definition) is 4. The van der Waals surface area contributed by atoms with Crippen LogP contribution >= 0.6 is 11.8 Å². The average molecular weight is 323 g/mol. The second-order valence-corrected chi connectivity index (χ2v) is 6.74. The molecule has 1 amide bonds. The Morgan fingerprint density at radius 1 is 1.18 bits per heavy atom. The fourth-order valence-electron chi connectivity index (χ4n) is 1.98. The van der Waals surface area contributed by atoms with E-state index in [9.17, 15) is 14.4 Å². The fraction of sp³-hybridized carbons (Fsp3) is 0.438. The second kappa shape index (κ2) is 8.58. The number of nitrogens with one attached hydrogen (secondary N) is 1. The molecular formula is C16H21NO4S. The van der Waals surface area contributed by atoms with Crippen LogP contribution in [-0.4, -0.2) is 33.4 Å². The number of aliphatic carboxylic acids is 1. The van der Waals surface area contributed by atoms with Gasteiger partial charge in [-0.3, -0.25) is 9.59 Å². The first-order valence-corrected chi connectivity index (χ1v) is 7.93. The number of benzene rings is 1. The monoisotopic (exact) mass is 323 g/mol. The van der Waals surface area contributed by atoms with Crippen LogP contribution in [0.1, 0.15) is 26.3 Å². The third-order valence-electron chi connectivity index (χ3n) is 3.10. The standard InChI is InChI=1S/C16H21NO4S/c1-10(2)14(16(20)21)17-15(19)13(22-11(3)18)9-12-7-5-4-6-8-12/h4-8,10,13-14H,9H2,1-3H3,(H,17,19)(H,20,21)/t13-,14-/m0/s1. The van der Waals surface area contributed by atoms with Gasteiger partial charge in [0, 0.05) is 6.92 Å². The SMILES string of the molecule is CC(=O)S[C@@H](Cc1ccccc1)C(=O)N[C@H](C(=O)O)C(C)C. The van der Waals surface area contributed by atoms with Gasteiger partial charge in [-0.2, -0.15) is 0 Å². The van der Waals surface area contributed by atoms with Gasteiger partial charge in [0.1, 0.15) is 6.04 Å². The molecule has 0 aliphatic rings. The van der Waals surface area contributed by atoms with Crippen LogP contribution in [-0.2, 0) is 20.8 Å². The molecule has 1 aromatic carbocycles. The zero-order valence-electron chi connectivity index (χ0n) is 12.9. The molecule has 0 fully saturated rings. The smallest absolute Gasteiger partial charge is 0.326 e. The van der Waals surface area contributed by atoms with Crippen LogP contribution in [0.4, 0.5) is 0 Å². The molecule has 1 rings (SSSR count). The van der Waals surface area contributed by atoms with Gasteiger partial charge in [-0.1, -0.05) is 55.9 Å². The normalized spacial score (nSPS) is 13.5. The van der Waals surface area contributed by atoms with Crippen molar-refractivity contribution in [1.29, 1.82) is 0 Å². The van der Waals surface area contributed by atoms with E-state index in [-0.39, 0.29) is 11.0 Å². The maximum absolute atomic E-state index is 12.4. The molecule has 0 spiro atoms. The van der Waals surface area contributed by atoms with Crippen LogP contribution in [0.25, 0.3) is 0 Å². The quantitative estimate of drug-likeness (QED) is 0.803. The van der Waals surface area contributed by atoms with Crippen LogP contribution in [0.5, 0.6) is 0 Å². The molecule has 0 saturated carbocycles. The van der Waals surface area contributed by atoms with Crippen molar-refractivity contribution in [2.75, 3.05) is 0 Å². The summed E-state index contributed by atoms with van der Waals surface area (Å²) < 4.78 is 0. The van der Waals surface area contributed by atoms with Gasteiger partial charge in [0.05, 0.1) is 5.25 Å². The van der Waals surface area contributed by atoms with Gasteiger partial charge in [0.25, 0.3) is 0 Å². The highest BCUT2D eigenvalue weighted by Crippen LogP contribution is 2.18. The predicted molar refractivity (Wildman–Crippen MR) is 86.6 cm³/mol. The van der Waals surface area contributed by atoms with Crippen LogP contribution in [0.2, 0.25) is 0 Å². The lowest BCUT2D eigenvalue weighted by Gasteiger charge is -2.21. The minimum atomic E-state index is -1.07. The number of carboxylic acids is 1. The number of carboxylic acid groups (broad SMARTS) is 1. The van der Waals surface area contributed by atoms with Gasteiger partial charge < -0.3 is 10.4 Å². The Balaban J connectivity index is 2.84. The Morgan fingerprint density at radius 3 is 2.23 bits per heavy atom. The summed E-state index contributed by atoms with van der Waals surface area (Å²) >= 11 is 0.924. The molecule has 0 aromatic heterocycles. The second-order valence-electron chi connectivity index (χ2n) is 5.36. The summed E-state index contributed by atoms with van der Waals surface area (Å²) in [5.41, 5.74) is 0.924. The summed E-state index contributed by atoms with van der Waals surface area (Å²) in [6.45, 7) is 4.85. The van der Waals surface area contributed by atoms with E-state index >= 15 is 0 Å². The van der Waals surface area contributed by atoms with Crippen molar-refractivity contribution in [1.82, 2.24) is 5.32 Å². The number of carbonyl (C=O) groups is 3. The molecule has 0 aliphatic heterocycles. The van der Waals surface area contributed by atoms with Gasteiger partial charge in [-0.15, -0.1) is 0 Å². The van der Waals surface area contributed by atoms with Gasteiger partial charge in [-0.25, -0.2) is 4.79 Å². The van der Waals surface area contributed by atoms with Gasteiger partial charge in [0.15, 0.2) is 5.12 Å².